The number of benzene rings is 1. The van der Waals surface area contributed by atoms with E-state index < -0.39 is 6.36 Å². The van der Waals surface area contributed by atoms with Gasteiger partial charge in [0.15, 0.2) is 0 Å². The first-order chi connectivity index (χ1) is 8.42. The molecule has 1 rings (SSSR count). The minimum absolute atomic E-state index is 0.149. The molecule has 0 aliphatic carbocycles. The summed E-state index contributed by atoms with van der Waals surface area (Å²) in [6.45, 7) is 7.26. The molecule has 0 heterocycles. The average Bonchev–Trinajstić information content (AvgIpc) is 2.28. The van der Waals surface area contributed by atoms with Gasteiger partial charge in [0.25, 0.3) is 0 Å². The fourth-order valence-electron chi connectivity index (χ4n) is 1.79. The van der Waals surface area contributed by atoms with Crippen LogP contribution in [0.1, 0.15) is 30.5 Å². The predicted molar refractivity (Wildman–Crippen MR) is 67.3 cm³/mol. The predicted octanol–water partition coefficient (Wildman–Crippen LogP) is 4.82. The quantitative estimate of drug-likeness (QED) is 0.750. The Labute approximate surface area is 105 Å². The van der Waals surface area contributed by atoms with Crippen molar-refractivity contribution >= 4 is 12.2 Å². The van der Waals surface area contributed by atoms with Crippen LogP contribution in [0.3, 0.4) is 0 Å². The molecular weight excluding hydrogens is 241 g/mol. The first-order valence-corrected chi connectivity index (χ1v) is 5.59. The second kappa shape index (κ2) is 5.76. The molecule has 0 radical (unpaired) electrons. The van der Waals surface area contributed by atoms with Gasteiger partial charge in [-0.25, -0.2) is 0 Å². The highest BCUT2D eigenvalue weighted by molar-refractivity contribution is 5.69. The smallest absolute Gasteiger partial charge is 0.405 e. The van der Waals surface area contributed by atoms with Gasteiger partial charge in [-0.3, -0.25) is 0 Å². The minimum atomic E-state index is -4.67. The average molecular weight is 256 g/mol. The lowest BCUT2D eigenvalue weighted by Crippen LogP contribution is -2.18. The summed E-state index contributed by atoms with van der Waals surface area (Å²) in [5, 5.41) is 0. The first kappa shape index (κ1) is 14.4. The largest absolute Gasteiger partial charge is 0.573 e. The monoisotopic (exact) mass is 256 g/mol. The zero-order valence-electron chi connectivity index (χ0n) is 10.3. The van der Waals surface area contributed by atoms with Gasteiger partial charge in [-0.1, -0.05) is 37.8 Å². The summed E-state index contributed by atoms with van der Waals surface area (Å²) >= 11 is 0. The van der Waals surface area contributed by atoms with Crippen molar-refractivity contribution in [3.05, 3.63) is 41.5 Å². The highest BCUT2D eigenvalue weighted by Gasteiger charge is 2.32. The SMILES string of the molecule is C=Cc1ccc(OC(F)(F)F)c(CC)c1/C=C\C. The van der Waals surface area contributed by atoms with Gasteiger partial charge in [0.1, 0.15) is 5.75 Å². The maximum absolute atomic E-state index is 12.3. The molecular formula is C14H15F3O. The summed E-state index contributed by atoms with van der Waals surface area (Å²) in [6.07, 6.45) is 0.934. The molecule has 0 amide bonds. The van der Waals surface area contributed by atoms with Crippen LogP contribution < -0.4 is 4.74 Å². The Morgan fingerprint density at radius 3 is 2.44 bits per heavy atom. The Balaban J connectivity index is 3.37. The van der Waals surface area contributed by atoms with E-state index in [-0.39, 0.29) is 5.75 Å². The molecule has 0 bridgehead atoms. The van der Waals surface area contributed by atoms with E-state index in [0.29, 0.717) is 12.0 Å². The molecule has 98 valence electrons. The topological polar surface area (TPSA) is 9.23 Å². The normalized spacial score (nSPS) is 11.8. The Morgan fingerprint density at radius 1 is 1.33 bits per heavy atom. The van der Waals surface area contributed by atoms with Crippen molar-refractivity contribution < 1.29 is 17.9 Å². The van der Waals surface area contributed by atoms with Gasteiger partial charge < -0.3 is 4.74 Å². The lowest BCUT2D eigenvalue weighted by atomic mass is 9.97. The lowest BCUT2D eigenvalue weighted by Gasteiger charge is -2.16. The molecule has 4 heteroatoms. The molecule has 0 aromatic heterocycles. The van der Waals surface area contributed by atoms with E-state index in [4.69, 9.17) is 0 Å². The van der Waals surface area contributed by atoms with E-state index in [1.807, 2.05) is 6.92 Å². The Morgan fingerprint density at radius 2 is 2.00 bits per heavy atom. The van der Waals surface area contributed by atoms with Crippen LogP contribution in [0, 0.1) is 0 Å². The van der Waals surface area contributed by atoms with Crippen LogP contribution in [0.25, 0.3) is 12.2 Å². The van der Waals surface area contributed by atoms with E-state index >= 15 is 0 Å². The molecule has 0 unspecified atom stereocenters. The maximum Gasteiger partial charge on any atom is 0.573 e. The van der Waals surface area contributed by atoms with E-state index in [1.165, 1.54) is 6.07 Å². The molecule has 18 heavy (non-hydrogen) atoms. The fraction of sp³-hybridized carbons (Fsp3) is 0.286. The molecule has 0 saturated heterocycles. The number of hydrogen-bond donors (Lipinski definition) is 0. The van der Waals surface area contributed by atoms with Crippen LogP contribution in [0.2, 0.25) is 0 Å². The molecule has 0 fully saturated rings. The second-order valence-corrected chi connectivity index (χ2v) is 3.65. The van der Waals surface area contributed by atoms with Crippen molar-refractivity contribution in [2.24, 2.45) is 0 Å². The molecule has 1 aromatic carbocycles. The van der Waals surface area contributed by atoms with E-state index in [0.717, 1.165) is 11.1 Å². The van der Waals surface area contributed by atoms with E-state index in [1.54, 1.807) is 31.2 Å². The fourth-order valence-corrected chi connectivity index (χ4v) is 1.79. The summed E-state index contributed by atoms with van der Waals surface area (Å²) in [6, 6.07) is 2.90. The molecule has 1 nitrogen and oxygen atoms in total. The third-order valence-electron chi connectivity index (χ3n) is 2.48. The van der Waals surface area contributed by atoms with Crippen LogP contribution in [-0.4, -0.2) is 6.36 Å². The van der Waals surface area contributed by atoms with Crippen molar-refractivity contribution in [1.82, 2.24) is 0 Å². The van der Waals surface area contributed by atoms with Gasteiger partial charge in [-0.05, 0) is 30.5 Å². The first-order valence-electron chi connectivity index (χ1n) is 5.59. The van der Waals surface area contributed by atoms with Crippen LogP contribution >= 0.6 is 0 Å². The Bertz CT molecular complexity index is 459. The minimum Gasteiger partial charge on any atom is -0.405 e. The third kappa shape index (κ3) is 3.39. The number of ether oxygens (including phenoxy) is 1. The van der Waals surface area contributed by atoms with Crippen molar-refractivity contribution in [2.45, 2.75) is 26.6 Å². The van der Waals surface area contributed by atoms with Crippen molar-refractivity contribution in [3.8, 4) is 5.75 Å². The molecule has 0 atom stereocenters. The number of allylic oxidation sites excluding steroid dienone is 1. The molecule has 0 spiro atoms. The van der Waals surface area contributed by atoms with Gasteiger partial charge in [0.2, 0.25) is 0 Å². The highest BCUT2D eigenvalue weighted by Crippen LogP contribution is 2.32. The molecule has 1 aromatic rings. The van der Waals surface area contributed by atoms with Crippen LogP contribution in [-0.2, 0) is 6.42 Å². The standard InChI is InChI=1S/C14H15F3O/c1-4-7-12-10(5-2)8-9-13(11(12)6-3)18-14(15,16)17/h4-5,7-9H,2,6H2,1,3H3/b7-4-. The Kier molecular flexibility index (Phi) is 4.59. The number of halogens is 3. The lowest BCUT2D eigenvalue weighted by molar-refractivity contribution is -0.274. The third-order valence-corrected chi connectivity index (χ3v) is 2.48. The van der Waals surface area contributed by atoms with Crippen molar-refractivity contribution in [1.29, 1.82) is 0 Å². The van der Waals surface area contributed by atoms with E-state index in [2.05, 4.69) is 11.3 Å². The van der Waals surface area contributed by atoms with Gasteiger partial charge in [-0.15, -0.1) is 13.2 Å². The molecule has 0 saturated carbocycles. The molecule has 0 aliphatic heterocycles. The summed E-state index contributed by atoms with van der Waals surface area (Å²) in [5.74, 6) is -0.149. The van der Waals surface area contributed by atoms with Crippen molar-refractivity contribution in [3.63, 3.8) is 0 Å². The van der Waals surface area contributed by atoms with Gasteiger partial charge >= 0.3 is 6.36 Å². The maximum atomic E-state index is 12.3. The number of hydrogen-bond acceptors (Lipinski definition) is 1. The summed E-state index contributed by atoms with van der Waals surface area (Å²) in [4.78, 5) is 0. The van der Waals surface area contributed by atoms with Gasteiger partial charge in [0, 0.05) is 5.56 Å². The molecule has 0 aliphatic rings. The molecule has 0 N–H and O–H groups in total. The zero-order chi connectivity index (χ0) is 13.8. The van der Waals surface area contributed by atoms with Crippen molar-refractivity contribution in [2.75, 3.05) is 0 Å². The number of rotatable bonds is 4. The summed E-state index contributed by atoms with van der Waals surface area (Å²) in [7, 11) is 0. The summed E-state index contributed by atoms with van der Waals surface area (Å²) < 4.78 is 40.9. The summed E-state index contributed by atoms with van der Waals surface area (Å²) in [5.41, 5.74) is 2.04. The second-order valence-electron chi connectivity index (χ2n) is 3.65. The van der Waals surface area contributed by atoms with Gasteiger partial charge in [0.05, 0.1) is 0 Å². The van der Waals surface area contributed by atoms with E-state index in [9.17, 15) is 13.2 Å². The zero-order valence-corrected chi connectivity index (χ0v) is 10.3. The van der Waals surface area contributed by atoms with Crippen LogP contribution in [0.15, 0.2) is 24.8 Å². The van der Waals surface area contributed by atoms with Crippen LogP contribution in [0.4, 0.5) is 13.2 Å². The number of alkyl halides is 3. The highest BCUT2D eigenvalue weighted by atomic mass is 19.4. The Hall–Kier alpha value is -1.71. The van der Waals surface area contributed by atoms with Crippen LogP contribution in [0.5, 0.6) is 5.75 Å². The van der Waals surface area contributed by atoms with Gasteiger partial charge in [-0.2, -0.15) is 0 Å².